The van der Waals surface area contributed by atoms with Gasteiger partial charge >= 0.3 is 0 Å². The number of rotatable bonds is 18. The van der Waals surface area contributed by atoms with E-state index in [0.29, 0.717) is 109 Å². The third kappa shape index (κ3) is 16.4. The lowest BCUT2D eigenvalue weighted by Crippen LogP contribution is -2.57. The Morgan fingerprint density at radius 2 is 0.692 bits per heavy atom. The van der Waals surface area contributed by atoms with Crippen molar-refractivity contribution in [2.24, 2.45) is 23.7 Å². The van der Waals surface area contributed by atoms with Crippen LogP contribution >= 0.6 is 46.4 Å². The molecule has 8 aromatic carbocycles. The summed E-state index contributed by atoms with van der Waals surface area (Å²) in [5.74, 6) is -7.10. The number of sulfone groups is 2. The molecule has 0 spiro atoms. The number of aryl methyl sites for hydroxylation is 2. The van der Waals surface area contributed by atoms with Crippen molar-refractivity contribution >= 4 is 66.1 Å². The van der Waals surface area contributed by atoms with Crippen LogP contribution in [0.2, 0.25) is 20.1 Å². The van der Waals surface area contributed by atoms with Crippen LogP contribution in [0.1, 0.15) is 111 Å². The van der Waals surface area contributed by atoms with Crippen LogP contribution in [0.3, 0.4) is 0 Å². The highest BCUT2D eigenvalue weighted by Crippen LogP contribution is 2.60. The van der Waals surface area contributed by atoms with Crippen LogP contribution in [0.25, 0.3) is 0 Å². The van der Waals surface area contributed by atoms with E-state index < -0.39 is 111 Å². The van der Waals surface area contributed by atoms with E-state index in [0.717, 1.165) is 73.2 Å². The minimum absolute atomic E-state index is 0.000490. The van der Waals surface area contributed by atoms with Gasteiger partial charge in [-0.3, -0.25) is 4.68 Å². The van der Waals surface area contributed by atoms with Gasteiger partial charge in [0.15, 0.2) is 65.9 Å². The predicted molar refractivity (Wildman–Crippen MR) is 439 cm³/mol. The minimum Gasteiger partial charge on any atom is -0.490 e. The first kappa shape index (κ1) is 86.7. The van der Waals surface area contributed by atoms with Gasteiger partial charge in [0.1, 0.15) is 32.8 Å². The molecule has 120 heavy (non-hydrogen) atoms. The predicted octanol–water partition coefficient (Wildman–Crippen LogP) is 20.7. The summed E-state index contributed by atoms with van der Waals surface area (Å²) in [5, 5.41) is 6.25. The number of benzene rings is 8. The van der Waals surface area contributed by atoms with E-state index in [1.807, 2.05) is 77.6 Å². The van der Waals surface area contributed by atoms with Crippen molar-refractivity contribution in [2.75, 3.05) is 52.9 Å². The van der Waals surface area contributed by atoms with E-state index in [1.54, 1.807) is 23.1 Å². The number of aromatic nitrogens is 3. The third-order valence-corrected chi connectivity index (χ3v) is 31.4. The number of hydrogen-bond donors (Lipinski definition) is 0. The molecule has 0 N–H and O–H groups in total. The minimum atomic E-state index is -4.21. The molecule has 10 heterocycles. The van der Waals surface area contributed by atoms with Gasteiger partial charge in [-0.05, 0) is 215 Å². The summed E-state index contributed by atoms with van der Waals surface area (Å²) in [4.78, 5) is -0.0133. The van der Waals surface area contributed by atoms with Gasteiger partial charge < -0.3 is 42.5 Å². The summed E-state index contributed by atoms with van der Waals surface area (Å²) in [6.45, 7) is 6.96. The molecular weight excluding hydrogens is 1680 g/mol. The summed E-state index contributed by atoms with van der Waals surface area (Å²) in [6.07, 6.45) is 13.2. The average Bonchev–Trinajstić information content (AvgIpc) is 0.751. The molecule has 15 nitrogen and oxygen atoms in total. The third-order valence-electron chi connectivity index (χ3n) is 25.2. The van der Waals surface area contributed by atoms with Crippen molar-refractivity contribution in [1.29, 1.82) is 0 Å². The zero-order valence-corrected chi connectivity index (χ0v) is 70.3. The van der Waals surface area contributed by atoms with Crippen molar-refractivity contribution in [3.05, 3.63) is 289 Å². The SMILES string of the molecule is CCC[C@H]1OCC[C@]2(Cc3ccc(Cl)cc3)c3c(F)ccc(F)c3OC[C@H]12.CCC[C@H]1OCC[C@]2(Cc3ccc(Cl)cc3)c3c(F)ccc(F)c3OC[C@H]12.O=S(=O)(c1ccc(Cl)cc1)[C@@]12CCO[C@@H](CCn3cccc3)[C@@H]1COc1c(F)ccc(F)c12.O=S(=O)(c1ccc(Cl)cc1)[C@@]12CCO[C@@H](CCn3cccn3)[C@@H]1COc1c(F)ccc(F)c12. The lowest BCUT2D eigenvalue weighted by Gasteiger charge is -2.51. The van der Waals surface area contributed by atoms with Gasteiger partial charge in [-0.1, -0.05) is 97.4 Å². The second-order valence-corrected chi connectivity index (χ2v) is 37.9. The summed E-state index contributed by atoms with van der Waals surface area (Å²) < 4.78 is 223. The molecule has 8 aliphatic heterocycles. The number of hydrogen-bond acceptors (Lipinski definition) is 13. The standard InChI is InChI=1S/C24H22ClF2NO4S.C23H21ClF2N2O4S.2C22H23ClF2O2/c25-16-3-5-17(6-4-16)33(29,30)24-10-14-31-21(9-13-28-11-1-2-12-28)18(24)15-32-23-20(27)8-7-19(26)22(23)24;24-15-2-4-16(5-3-15)33(29,30)23-9-13-31-20(8-12-28-11-1-10-27-28)17(23)14-32-22-19(26)7-6-18(25)21(22)23;2*1-2-3-19-16-13-27-21-18(25)9-8-17(24)20(21)22(16,10-11-26-19)12-14-4-6-15(23)7-5-14/h1-8,11-12,18,21H,9-10,13-15H2;1-7,10-11,17,20H,8-9,12-14H2;2*4-9,16,19H,2-3,10-13H2,1H3/t18-,21-,24-;17-,20-,23-;2*16-,19-,22-/m0011/s1. The second kappa shape index (κ2) is 36.3. The maximum absolute atomic E-state index is 15.3. The Hall–Kier alpha value is -8.21. The van der Waals surface area contributed by atoms with Crippen LogP contribution in [0.15, 0.2) is 198 Å². The molecule has 0 unspecified atom stereocenters. The van der Waals surface area contributed by atoms with E-state index in [4.69, 9.17) is 84.3 Å². The maximum atomic E-state index is 15.3. The Labute approximate surface area is 712 Å². The molecule has 0 radical (unpaired) electrons. The molecule has 0 aliphatic carbocycles. The summed E-state index contributed by atoms with van der Waals surface area (Å²) in [6, 6.07) is 40.8. The van der Waals surface area contributed by atoms with Gasteiger partial charge in [0, 0.05) is 130 Å². The lowest BCUT2D eigenvalue weighted by molar-refractivity contribution is -0.0989. The van der Waals surface area contributed by atoms with Crippen molar-refractivity contribution < 1.29 is 89.9 Å². The maximum Gasteiger partial charge on any atom is 0.189 e. The number of halogens is 12. The zero-order valence-electron chi connectivity index (χ0n) is 65.7. The van der Waals surface area contributed by atoms with Gasteiger partial charge in [0.25, 0.3) is 0 Å². The van der Waals surface area contributed by atoms with Crippen molar-refractivity contribution in [3.63, 3.8) is 0 Å². The van der Waals surface area contributed by atoms with E-state index in [-0.39, 0.29) is 107 Å². The summed E-state index contributed by atoms with van der Waals surface area (Å²) in [5.41, 5.74) is 1.24. The lowest BCUT2D eigenvalue weighted by atomic mass is 9.60. The fourth-order valence-electron chi connectivity index (χ4n) is 19.7. The van der Waals surface area contributed by atoms with Crippen LogP contribution in [0.4, 0.5) is 35.1 Å². The highest BCUT2D eigenvalue weighted by molar-refractivity contribution is 7.92. The number of ether oxygens (including phenoxy) is 8. The Balaban J connectivity index is 0.000000125. The Morgan fingerprint density at radius 1 is 0.375 bits per heavy atom. The fraction of sp³-hybridized carbons (Fsp3) is 0.396. The first-order valence-corrected chi connectivity index (χ1v) is 44.8. The smallest absolute Gasteiger partial charge is 0.189 e. The van der Waals surface area contributed by atoms with Crippen LogP contribution in [0, 0.1) is 70.2 Å². The summed E-state index contributed by atoms with van der Waals surface area (Å²) in [7, 11) is -8.40. The van der Waals surface area contributed by atoms with E-state index in [2.05, 4.69) is 18.9 Å². The highest BCUT2D eigenvalue weighted by atomic mass is 35.5. The van der Waals surface area contributed by atoms with E-state index in [1.165, 1.54) is 60.7 Å². The van der Waals surface area contributed by atoms with Gasteiger partial charge in [-0.2, -0.15) is 5.10 Å². The normalized spacial score (nSPS) is 25.6. The molecule has 2 aromatic heterocycles. The first-order chi connectivity index (χ1) is 57.8. The van der Waals surface area contributed by atoms with Gasteiger partial charge in [0.05, 0.1) is 71.8 Å². The Bertz CT molecular complexity index is 5180. The molecule has 10 aromatic rings. The molecule has 0 saturated carbocycles. The molecule has 0 bridgehead atoms. The highest BCUT2D eigenvalue weighted by Gasteiger charge is 2.64. The second-order valence-electron chi connectivity index (χ2n) is 31.7. The Morgan fingerprint density at radius 3 is 1.05 bits per heavy atom. The molecule has 8 aliphatic rings. The van der Waals surface area contributed by atoms with Crippen LogP contribution in [0.5, 0.6) is 23.0 Å². The fourth-order valence-corrected chi connectivity index (χ4v) is 24.9. The topological polar surface area (TPSA) is 165 Å². The van der Waals surface area contributed by atoms with Crippen LogP contribution in [-0.4, -0.2) is 108 Å². The molecule has 0 amide bonds. The molecule has 18 rings (SSSR count). The van der Waals surface area contributed by atoms with Gasteiger partial charge in [-0.25, -0.2) is 52.0 Å². The number of nitrogens with zero attached hydrogens (tertiary/aromatic N) is 3. The van der Waals surface area contributed by atoms with Crippen molar-refractivity contribution in [2.45, 2.75) is 159 Å². The van der Waals surface area contributed by atoms with Gasteiger partial charge in [-0.15, -0.1) is 0 Å². The van der Waals surface area contributed by atoms with Gasteiger partial charge in [0.2, 0.25) is 0 Å². The van der Waals surface area contributed by atoms with Crippen LogP contribution < -0.4 is 18.9 Å². The molecule has 636 valence electrons. The molecule has 12 atom stereocenters. The quantitative estimate of drug-likeness (QED) is 0.0746. The molecule has 4 fully saturated rings. The summed E-state index contributed by atoms with van der Waals surface area (Å²) >= 11 is 24.0. The number of fused-ring (bicyclic) bond motifs is 12. The van der Waals surface area contributed by atoms with E-state index in [9.17, 15) is 34.4 Å². The Kier molecular flexibility index (Phi) is 26.2. The molecule has 29 heteroatoms. The van der Waals surface area contributed by atoms with Crippen LogP contribution in [-0.2, 0) is 84.9 Å². The monoisotopic (exact) mass is 1770 g/mol. The molecular formula is C91H89Cl4F8N3O12S2. The first-order valence-electron chi connectivity index (χ1n) is 40.3. The zero-order chi connectivity index (χ0) is 84.5. The van der Waals surface area contributed by atoms with E-state index >= 15 is 17.6 Å². The van der Waals surface area contributed by atoms with Crippen molar-refractivity contribution in [3.8, 4) is 23.0 Å². The van der Waals surface area contributed by atoms with Crippen molar-refractivity contribution in [1.82, 2.24) is 14.3 Å². The molecule has 4 saturated heterocycles. The largest absolute Gasteiger partial charge is 0.490 e. The average molecular weight is 1770 g/mol.